The third-order valence-electron chi connectivity index (χ3n) is 5.14. The summed E-state index contributed by atoms with van der Waals surface area (Å²) in [4.78, 5) is 11.9. The minimum atomic E-state index is 0. The molecule has 0 bridgehead atoms. The van der Waals surface area contributed by atoms with Gasteiger partial charge in [-0.1, -0.05) is 34.1 Å². The molecule has 3 nitrogen and oxygen atoms in total. The van der Waals surface area contributed by atoms with E-state index < -0.39 is 0 Å². The Morgan fingerprint density at radius 2 is 1.68 bits per heavy atom. The Morgan fingerprint density at radius 1 is 1.09 bits per heavy atom. The van der Waals surface area contributed by atoms with Crippen LogP contribution in [0.5, 0.6) is 0 Å². The molecule has 0 spiro atoms. The van der Waals surface area contributed by atoms with Crippen molar-refractivity contribution in [2.24, 2.45) is 29.6 Å². The molecule has 1 saturated heterocycles. The van der Waals surface area contributed by atoms with Crippen LogP contribution in [0.3, 0.4) is 0 Å². The number of nitrogens with zero attached hydrogens (tertiary/aromatic N) is 1. The normalized spacial score (nSPS) is 33.3. The zero-order chi connectivity index (χ0) is 16.4. The number of carbonyl (C=O) groups excluding carboxylic acids is 1. The van der Waals surface area contributed by atoms with Gasteiger partial charge in [-0.15, -0.1) is 7.05 Å². The Bertz CT molecular complexity index is 286. The van der Waals surface area contributed by atoms with Gasteiger partial charge in [0.25, 0.3) is 0 Å². The van der Waals surface area contributed by atoms with Crippen molar-refractivity contribution >= 4 is 5.91 Å². The second-order valence-corrected chi connectivity index (χ2v) is 5.90. The maximum absolute atomic E-state index is 11.9. The molecule has 0 aromatic carbocycles. The fraction of sp³-hybridized carbons (Fsp3) is 0.889. The molecule has 2 aliphatic rings. The Hall–Kier alpha value is 0.534. The van der Waals surface area contributed by atoms with Gasteiger partial charge in [-0.2, -0.15) is 6.92 Å². The fourth-order valence-electron chi connectivity index (χ4n) is 3.81. The first-order valence-electron chi connectivity index (χ1n) is 8.70. The first-order valence-corrected chi connectivity index (χ1v) is 8.70. The van der Waals surface area contributed by atoms with Crippen LogP contribution >= 0.6 is 0 Å². The van der Waals surface area contributed by atoms with Gasteiger partial charge in [0.2, 0.25) is 0 Å². The van der Waals surface area contributed by atoms with Crippen LogP contribution in [0.4, 0.5) is 0 Å². The van der Waals surface area contributed by atoms with Crippen molar-refractivity contribution in [2.75, 3.05) is 20.1 Å². The predicted molar refractivity (Wildman–Crippen MR) is 92.2 cm³/mol. The van der Waals surface area contributed by atoms with Gasteiger partial charge in [-0.05, 0) is 49.6 Å². The van der Waals surface area contributed by atoms with Crippen LogP contribution in [0.2, 0.25) is 0 Å². The molecule has 1 aliphatic carbocycles. The maximum Gasteiger partial charge on any atom is 0.0545 e. The van der Waals surface area contributed by atoms with Crippen molar-refractivity contribution < 1.29 is 37.5 Å². The summed E-state index contributed by atoms with van der Waals surface area (Å²) in [6.07, 6.45) is 3.59. The molecule has 129 valence electrons. The topological polar surface area (TPSA) is 43.2 Å². The summed E-state index contributed by atoms with van der Waals surface area (Å²) >= 11 is 0. The van der Waals surface area contributed by atoms with E-state index in [1.807, 2.05) is 13.8 Å². The maximum atomic E-state index is 11.9. The van der Waals surface area contributed by atoms with E-state index in [2.05, 4.69) is 31.4 Å². The van der Waals surface area contributed by atoms with Gasteiger partial charge < -0.3 is 22.4 Å². The van der Waals surface area contributed by atoms with E-state index >= 15 is 0 Å². The monoisotopic (exact) mass is 385 g/mol. The van der Waals surface area contributed by atoms with E-state index in [0.717, 1.165) is 31.3 Å². The molecule has 0 aromatic heterocycles. The van der Waals surface area contributed by atoms with Gasteiger partial charge in [-0.25, -0.2) is 0 Å². The number of carbonyl (C=O) groups is 1. The molecule has 1 saturated carbocycles. The average Bonchev–Trinajstić information content (AvgIpc) is 2.90. The van der Waals surface area contributed by atoms with Crippen LogP contribution in [0, 0.1) is 36.5 Å². The summed E-state index contributed by atoms with van der Waals surface area (Å²) in [6, 6.07) is 0. The van der Waals surface area contributed by atoms with Crippen molar-refractivity contribution in [1.29, 1.82) is 0 Å². The van der Waals surface area contributed by atoms with Crippen LogP contribution in [0.1, 0.15) is 53.9 Å². The van der Waals surface area contributed by atoms with E-state index in [1.165, 1.54) is 12.8 Å². The van der Waals surface area contributed by atoms with Crippen molar-refractivity contribution in [1.82, 2.24) is 5.32 Å². The van der Waals surface area contributed by atoms with Gasteiger partial charge in [0, 0.05) is 38.6 Å². The number of piperidine rings is 1. The molecule has 1 aliphatic heterocycles. The van der Waals surface area contributed by atoms with Crippen molar-refractivity contribution in [2.45, 2.75) is 53.9 Å². The van der Waals surface area contributed by atoms with E-state index in [-0.39, 0.29) is 44.5 Å². The van der Waals surface area contributed by atoms with Crippen LogP contribution in [-0.4, -0.2) is 26.0 Å². The SMILES string of the molecule is CC.C[N-]C(=O)C1CCNCC1[C@H]1CC[C@@H](C)[C@H]1C.[CH2-]C.[Y]. The fourth-order valence-corrected chi connectivity index (χ4v) is 3.81. The standard InChI is InChI=1S/C14H26N2O.C2H6.C2H5.Y/c1-9-4-5-11(10(9)2)13-8-16-7-6-12(13)14(17)15-3;2*1-2;/h9-13,16H,4-8H2,1-3H3,(H,15,17);1-2H3;1H2,2H3;/q;;-1;/p-1/t9-,10-,11+,12?,13?;;;/m1.../s1. The third-order valence-corrected chi connectivity index (χ3v) is 5.14. The molecule has 2 unspecified atom stereocenters. The molecule has 22 heavy (non-hydrogen) atoms. The molecule has 1 N–H and O–H groups in total. The molecule has 2 fully saturated rings. The van der Waals surface area contributed by atoms with Crippen molar-refractivity contribution in [3.05, 3.63) is 12.2 Å². The molecule has 1 amide bonds. The predicted octanol–water partition coefficient (Wildman–Crippen LogP) is 4.29. The van der Waals surface area contributed by atoms with Crippen LogP contribution in [-0.2, 0) is 37.5 Å². The third kappa shape index (κ3) is 6.57. The van der Waals surface area contributed by atoms with E-state index in [9.17, 15) is 4.79 Å². The summed E-state index contributed by atoms with van der Waals surface area (Å²) < 4.78 is 0. The van der Waals surface area contributed by atoms with Gasteiger partial charge in [0.15, 0.2) is 0 Å². The van der Waals surface area contributed by atoms with Crippen LogP contribution < -0.4 is 5.32 Å². The molecule has 5 atom stereocenters. The number of amides is 1. The van der Waals surface area contributed by atoms with Crippen molar-refractivity contribution in [3.8, 4) is 0 Å². The number of nitrogens with one attached hydrogen (secondary N) is 1. The quantitative estimate of drug-likeness (QED) is 0.721. The first-order chi connectivity index (χ1) is 10.1. The Morgan fingerprint density at radius 3 is 2.14 bits per heavy atom. The molecule has 4 heteroatoms. The number of hydrogen-bond donors (Lipinski definition) is 1. The number of rotatable bonds is 2. The summed E-state index contributed by atoms with van der Waals surface area (Å²) in [5.41, 5.74) is 0. The Kier molecular flexibility index (Phi) is 15.7. The van der Waals surface area contributed by atoms with Gasteiger partial charge in [-0.3, -0.25) is 0 Å². The second-order valence-electron chi connectivity index (χ2n) is 5.90. The summed E-state index contributed by atoms with van der Waals surface area (Å²) in [6.45, 7) is 15.7. The Labute approximate surface area is 164 Å². The van der Waals surface area contributed by atoms with Crippen LogP contribution in [0.15, 0.2) is 0 Å². The summed E-state index contributed by atoms with van der Waals surface area (Å²) in [5.74, 6) is 3.11. The number of hydrogen-bond acceptors (Lipinski definition) is 2. The first kappa shape index (κ1) is 24.8. The zero-order valence-electron chi connectivity index (χ0n) is 15.6. The second kappa shape index (κ2) is 13.9. The van der Waals surface area contributed by atoms with Gasteiger partial charge in [0.05, 0.1) is 5.91 Å². The van der Waals surface area contributed by atoms with E-state index in [0.29, 0.717) is 11.8 Å². The van der Waals surface area contributed by atoms with Gasteiger partial charge >= 0.3 is 0 Å². The largest absolute Gasteiger partial charge is 0.656 e. The molecular formula is C18H36N2OY-2. The van der Waals surface area contributed by atoms with Crippen LogP contribution in [0.25, 0.3) is 5.32 Å². The van der Waals surface area contributed by atoms with Gasteiger partial charge in [0.1, 0.15) is 0 Å². The Balaban J connectivity index is 0. The minimum Gasteiger partial charge on any atom is -0.656 e. The molecule has 1 radical (unpaired) electrons. The molecule has 2 rings (SSSR count). The zero-order valence-corrected chi connectivity index (χ0v) is 18.4. The van der Waals surface area contributed by atoms with E-state index in [4.69, 9.17) is 0 Å². The summed E-state index contributed by atoms with van der Waals surface area (Å²) in [5, 5.41) is 7.37. The smallest absolute Gasteiger partial charge is 0.0545 e. The minimum absolute atomic E-state index is 0. The molecular weight excluding hydrogens is 349 g/mol. The molecule has 1 heterocycles. The molecule has 0 aromatic rings. The van der Waals surface area contributed by atoms with E-state index in [1.54, 1.807) is 14.0 Å². The van der Waals surface area contributed by atoms with Crippen molar-refractivity contribution in [3.63, 3.8) is 0 Å². The average molecular weight is 385 g/mol. The summed E-state index contributed by atoms with van der Waals surface area (Å²) in [7, 11) is 1.64.